The quantitative estimate of drug-likeness (QED) is 0.0982. The minimum Gasteiger partial charge on any atom is -0.478 e. The van der Waals surface area contributed by atoms with E-state index in [-0.39, 0.29) is 22.3 Å². The lowest BCUT2D eigenvalue weighted by molar-refractivity contribution is -0.275. The third-order valence-corrected chi connectivity index (χ3v) is 13.2. The number of rotatable bonds is 14. The minimum atomic E-state index is -4.96. The molecule has 0 saturated carbocycles. The fraction of sp³-hybridized carbons (Fsp3) is 0.143. The second-order valence-electron chi connectivity index (χ2n) is 14.1. The number of benzene rings is 4. The van der Waals surface area contributed by atoms with Crippen LogP contribution in [0.2, 0.25) is 10.0 Å². The molecule has 2 N–H and O–H groups in total. The number of halogens is 14. The fourth-order valence-electron chi connectivity index (χ4n) is 5.80. The Kier molecular flexibility index (Phi) is 16.6. The van der Waals surface area contributed by atoms with Crippen LogP contribution in [0.5, 0.6) is 11.5 Å². The number of carboxylic acids is 2. The van der Waals surface area contributed by atoms with Gasteiger partial charge in [0, 0.05) is 12.4 Å². The van der Waals surface area contributed by atoms with E-state index in [2.05, 4.69) is 19.4 Å². The number of carboxylic acid groups (broad SMARTS) is 2. The van der Waals surface area contributed by atoms with Crippen LogP contribution in [-0.2, 0) is 45.5 Å². The van der Waals surface area contributed by atoms with Crippen LogP contribution in [0.15, 0.2) is 131 Å². The van der Waals surface area contributed by atoms with Crippen molar-refractivity contribution in [2.45, 2.75) is 48.0 Å². The molecule has 0 aliphatic carbocycles. The topological polar surface area (TPSA) is 194 Å². The Hall–Kier alpha value is -7.04. The normalized spacial score (nSPS) is 12.3. The van der Waals surface area contributed by atoms with Gasteiger partial charge in [0.15, 0.2) is 11.6 Å². The van der Waals surface area contributed by atoms with Crippen molar-refractivity contribution in [2.75, 3.05) is 8.61 Å². The molecule has 72 heavy (non-hydrogen) atoms. The zero-order valence-corrected chi connectivity index (χ0v) is 38.2. The molecule has 6 rings (SSSR count). The van der Waals surface area contributed by atoms with Gasteiger partial charge in [-0.25, -0.2) is 45.0 Å². The Morgan fingerprint density at radius 2 is 0.792 bits per heavy atom. The molecule has 2 aromatic heterocycles. The Morgan fingerprint density at radius 3 is 1.03 bits per heavy atom. The predicted octanol–water partition coefficient (Wildman–Crippen LogP) is 11.5. The second-order valence-corrected chi connectivity index (χ2v) is 18.7. The van der Waals surface area contributed by atoms with Crippen molar-refractivity contribution in [3.05, 3.63) is 165 Å². The van der Waals surface area contributed by atoms with Gasteiger partial charge < -0.3 is 19.7 Å². The summed E-state index contributed by atoms with van der Waals surface area (Å²) in [7, 11) is -9.21. The van der Waals surface area contributed by atoms with E-state index in [1.165, 1.54) is 0 Å². The molecule has 0 aliphatic heterocycles. The number of sulfonamides is 2. The van der Waals surface area contributed by atoms with Gasteiger partial charge in [-0.3, -0.25) is 0 Å². The molecule has 30 heteroatoms. The van der Waals surface area contributed by atoms with Crippen LogP contribution in [0.1, 0.15) is 43.0 Å². The maximum atomic E-state index is 13.4. The molecule has 0 radical (unpaired) electrons. The summed E-state index contributed by atoms with van der Waals surface area (Å²) in [4.78, 5) is 28.4. The number of aromatic nitrogens is 2. The van der Waals surface area contributed by atoms with Gasteiger partial charge >= 0.3 is 37.0 Å². The van der Waals surface area contributed by atoms with E-state index in [4.69, 9.17) is 33.4 Å². The van der Waals surface area contributed by atoms with Crippen molar-refractivity contribution in [3.63, 3.8) is 0 Å². The number of aromatic carboxylic acids is 2. The highest BCUT2D eigenvalue weighted by Crippen LogP contribution is 2.38. The number of carbonyl (C=O) groups is 2. The highest BCUT2D eigenvalue weighted by molar-refractivity contribution is 7.93. The number of hydrogen-bond donors (Lipinski definition) is 2. The standard InChI is InChI=1S/2C21H13ClF6N2O5S/c2*22-17-9-14(20(23,24)25)10-29-18(17)30(11-12-1-5-15(6-2-12)35-21(26,27)28)36(33,34)16-7-3-13(4-8-16)19(31)32/h2*1-10H,11H2,(H,31,32). The minimum absolute atomic E-state index is 0.105. The molecule has 0 bridgehead atoms. The summed E-state index contributed by atoms with van der Waals surface area (Å²) in [6, 6.07) is 16.9. The van der Waals surface area contributed by atoms with Gasteiger partial charge in [0.2, 0.25) is 0 Å². The largest absolute Gasteiger partial charge is 0.573 e. The van der Waals surface area contributed by atoms with E-state index in [1.54, 1.807) is 0 Å². The molecule has 0 spiro atoms. The SMILES string of the molecule is O=C(O)c1ccc(S(=O)(=O)N(Cc2ccc(OC(F)(F)F)cc2)c2ncc(C(F)(F)F)cc2Cl)cc1.O=C(O)c1ccc(S(=O)(=O)N(Cc2ccc(OC(F)(F)F)cc2)c2ncc(C(F)(F)F)cc2Cl)cc1. The van der Waals surface area contributed by atoms with Crippen LogP contribution in [0.3, 0.4) is 0 Å². The number of hydrogen-bond acceptors (Lipinski definition) is 10. The maximum absolute atomic E-state index is 13.4. The average Bonchev–Trinajstić information content (AvgIpc) is 3.27. The summed E-state index contributed by atoms with van der Waals surface area (Å²) in [6.45, 7) is -1.21. The van der Waals surface area contributed by atoms with E-state index < -0.39 is 124 Å². The Labute approximate surface area is 407 Å². The number of alkyl halides is 12. The lowest BCUT2D eigenvalue weighted by atomic mass is 10.2. The number of ether oxygens (including phenoxy) is 2. The molecule has 6 aromatic rings. The first-order valence-electron chi connectivity index (χ1n) is 19.0. The lowest BCUT2D eigenvalue weighted by Crippen LogP contribution is -2.32. The van der Waals surface area contributed by atoms with E-state index in [1.807, 2.05) is 0 Å². The molecular weight excluding hydrogens is 1080 g/mol. The van der Waals surface area contributed by atoms with Crippen LogP contribution < -0.4 is 18.1 Å². The number of anilines is 2. The summed E-state index contributed by atoms with van der Waals surface area (Å²) < 4.78 is 215. The van der Waals surface area contributed by atoms with Gasteiger partial charge in [-0.15, -0.1) is 26.3 Å². The van der Waals surface area contributed by atoms with E-state index in [0.717, 1.165) is 97.1 Å². The predicted molar refractivity (Wildman–Crippen MR) is 228 cm³/mol. The third-order valence-electron chi connectivity index (χ3n) is 9.12. The fourth-order valence-corrected chi connectivity index (χ4v) is 9.29. The molecule has 0 fully saturated rings. The van der Waals surface area contributed by atoms with Gasteiger partial charge in [0.25, 0.3) is 20.0 Å². The highest BCUT2D eigenvalue weighted by atomic mass is 35.5. The molecule has 14 nitrogen and oxygen atoms in total. The van der Waals surface area contributed by atoms with Crippen molar-refractivity contribution >= 4 is 66.8 Å². The summed E-state index contributed by atoms with van der Waals surface area (Å²) in [5.74, 6) is -5.02. The average molecular weight is 1110 g/mol. The monoisotopic (exact) mass is 1110 g/mol. The maximum Gasteiger partial charge on any atom is 0.573 e. The molecule has 4 aromatic carbocycles. The first-order valence-corrected chi connectivity index (χ1v) is 22.7. The van der Waals surface area contributed by atoms with Crippen LogP contribution in [-0.4, -0.2) is 61.7 Å². The van der Waals surface area contributed by atoms with Crippen molar-refractivity contribution < 1.29 is 98.8 Å². The molecular formula is C42H26Cl2F12N4O10S2. The first kappa shape index (κ1) is 55.9. The Bertz CT molecular complexity index is 2940. The van der Waals surface area contributed by atoms with Gasteiger partial charge in [-0.1, -0.05) is 47.5 Å². The molecule has 0 aliphatic rings. The van der Waals surface area contributed by atoms with E-state index in [0.29, 0.717) is 33.1 Å². The van der Waals surface area contributed by atoms with Gasteiger partial charge in [-0.05, 0) is 96.1 Å². The number of nitrogens with zero attached hydrogens (tertiary/aromatic N) is 4. The molecule has 0 atom stereocenters. The van der Waals surface area contributed by atoms with Gasteiger partial charge in [0.1, 0.15) is 11.5 Å². The molecule has 0 unspecified atom stereocenters. The van der Waals surface area contributed by atoms with Crippen LogP contribution in [0.4, 0.5) is 64.3 Å². The molecule has 0 amide bonds. The third kappa shape index (κ3) is 14.5. The first-order chi connectivity index (χ1) is 33.2. The summed E-state index contributed by atoms with van der Waals surface area (Å²) in [5.41, 5.74) is -2.74. The smallest absolute Gasteiger partial charge is 0.478 e. The van der Waals surface area contributed by atoms with Crippen LogP contribution in [0.25, 0.3) is 0 Å². The summed E-state index contributed by atoms with van der Waals surface area (Å²) in [6.07, 6.45) is -18.8. The molecule has 2 heterocycles. The van der Waals surface area contributed by atoms with Crippen molar-refractivity contribution in [2.24, 2.45) is 0 Å². The van der Waals surface area contributed by atoms with Gasteiger partial charge in [0.05, 0.1) is 55.2 Å². The lowest BCUT2D eigenvalue weighted by Gasteiger charge is -2.25. The Balaban J connectivity index is 0.000000267. The van der Waals surface area contributed by atoms with Crippen molar-refractivity contribution in [1.29, 1.82) is 0 Å². The summed E-state index contributed by atoms with van der Waals surface area (Å²) in [5, 5.41) is 16.7. The highest BCUT2D eigenvalue weighted by Gasteiger charge is 2.37. The summed E-state index contributed by atoms with van der Waals surface area (Å²) >= 11 is 11.9. The van der Waals surface area contributed by atoms with Crippen molar-refractivity contribution in [3.8, 4) is 11.5 Å². The molecule has 384 valence electrons. The van der Waals surface area contributed by atoms with E-state index >= 15 is 0 Å². The second kappa shape index (κ2) is 21.4. The zero-order valence-electron chi connectivity index (χ0n) is 35.0. The zero-order chi connectivity index (χ0) is 53.8. The Morgan fingerprint density at radius 1 is 0.500 bits per heavy atom. The molecule has 0 saturated heterocycles. The van der Waals surface area contributed by atoms with Gasteiger partial charge in [-0.2, -0.15) is 26.3 Å². The van der Waals surface area contributed by atoms with Crippen LogP contribution >= 0.6 is 23.2 Å². The van der Waals surface area contributed by atoms with E-state index in [9.17, 15) is 79.1 Å². The number of pyridine rings is 2. The van der Waals surface area contributed by atoms with Crippen molar-refractivity contribution in [1.82, 2.24) is 9.97 Å². The van der Waals surface area contributed by atoms with Crippen LogP contribution in [0, 0.1) is 0 Å².